The Morgan fingerprint density at radius 2 is 1.33 bits per heavy atom. The maximum Gasteiger partial charge on any atom is 1.00 e. The molecular formula is C33H45N17Na3O25P4S+. The molecule has 6 aromatic rings. The number of nitrogens with two attached hydrogens (primary N) is 4. The first kappa shape index (κ1) is 69.7. The number of nitrogens with zero attached hydrogens (tertiary/aromatic N) is 10. The Kier molecular flexibility index (Phi) is 22.1. The van der Waals surface area contributed by atoms with E-state index < -0.39 is 146 Å². The summed E-state index contributed by atoms with van der Waals surface area (Å²) < 4.78 is 134. The molecular weight excluding hydrogens is 1260 g/mol. The van der Waals surface area contributed by atoms with Gasteiger partial charge in [-0.2, -0.15) is 28.2 Å². The number of rotatable bonds is 21. The van der Waals surface area contributed by atoms with E-state index in [1.165, 1.54) is 17.9 Å². The number of nitrogen functional groups attached to an aromatic ring is 4. The van der Waals surface area contributed by atoms with Crippen LogP contribution in [-0.4, -0.2) is 170 Å². The Hall–Kier alpha value is -2.40. The summed E-state index contributed by atoms with van der Waals surface area (Å²) in [4.78, 5) is 104. The van der Waals surface area contributed by atoms with E-state index in [-0.39, 0.29) is 146 Å². The number of methoxy groups -OCH3 is 1. The first-order valence-electron chi connectivity index (χ1n) is 22.3. The zero-order valence-electron chi connectivity index (χ0n) is 43.6. The fraction of sp³-hybridized carbons (Fsp3) is 0.545. The molecule has 6 aromatic heterocycles. The average molecular weight is 1300 g/mol. The summed E-state index contributed by atoms with van der Waals surface area (Å²) in [5.41, 5.74) is 20.6. The van der Waals surface area contributed by atoms with Gasteiger partial charge in [-0.3, -0.25) is 64.5 Å². The number of anilines is 4. The van der Waals surface area contributed by atoms with Gasteiger partial charge in [0, 0.05) is 7.11 Å². The van der Waals surface area contributed by atoms with Crippen LogP contribution in [0.4, 0.5) is 23.7 Å². The summed E-state index contributed by atoms with van der Waals surface area (Å²) in [5, 5.41) is 32.9. The number of phosphoric acid groups is 2. The van der Waals surface area contributed by atoms with Crippen LogP contribution < -0.4 is 147 Å². The van der Waals surface area contributed by atoms with Gasteiger partial charge < -0.3 is 85.8 Å². The maximum absolute atomic E-state index is 13.7. The third kappa shape index (κ3) is 15.2. The zero-order valence-corrected chi connectivity index (χ0v) is 54.0. The van der Waals surface area contributed by atoms with E-state index in [1.54, 1.807) is 0 Å². The number of aromatic amines is 2. The molecule has 4 unspecified atom stereocenters. The molecule has 0 bridgehead atoms. The molecule has 0 aromatic carbocycles. The third-order valence-electron chi connectivity index (χ3n) is 11.9. The van der Waals surface area contributed by atoms with Gasteiger partial charge in [-0.25, -0.2) is 19.1 Å². The molecule has 0 aliphatic carbocycles. The van der Waals surface area contributed by atoms with Crippen LogP contribution in [0.25, 0.3) is 33.5 Å². The second-order valence-electron chi connectivity index (χ2n) is 17.5. The molecule has 3 aliphatic heterocycles. The van der Waals surface area contributed by atoms with E-state index in [1.807, 2.05) is 0 Å². The molecule has 0 amide bonds. The molecule has 3 saturated heterocycles. The number of aromatic nitrogens is 12. The molecule has 3 fully saturated rings. The van der Waals surface area contributed by atoms with Crippen molar-refractivity contribution in [3.05, 3.63) is 39.7 Å². The standard InChI is InChI=1S/C33H47N17O25P4S.3Na/c1-47-9-50(25-15(47)27(55)45-33(37)43-25)29-18(53)19(74-80(3,64)65)11(71-29)6-69-79(62,63)75-77(58,59)46-76(56,57)67-5-12-20(21(66-2)30(72-12)49-7-38-13-22(34)40-31(35)41-23(13)49)73-78(60,61)68-4-10-16(51)17(52)28(70-10)48-8-39-14-24(48)42-32(36)44-26(14)54;;;/h7-12,16-21,28-30,51-53H,4-6H2,1-3H3,(H14-,34,35,36,37,40,41,42,43,44,45,46,54,55,56,57,58,59,60,61,62,63);;;/q;3*+1/p-2/t10-,11-,12-,16-,17-,18-,19-,20-,21-,28-,29-,30-;;;/m1.../s1. The van der Waals surface area contributed by atoms with Crippen molar-refractivity contribution in [2.75, 3.05) is 56.1 Å². The summed E-state index contributed by atoms with van der Waals surface area (Å²) in [6, 6.07) is 0. The second kappa shape index (κ2) is 26.4. The molecule has 0 spiro atoms. The number of aliphatic hydroxyl groups excluding tert-OH is 3. The summed E-state index contributed by atoms with van der Waals surface area (Å²) in [5.74, 6) is -1.32. The van der Waals surface area contributed by atoms with E-state index in [2.05, 4.69) is 48.7 Å². The largest absolute Gasteiger partial charge is 1.00 e. The molecule has 0 radical (unpaired) electrons. The van der Waals surface area contributed by atoms with E-state index in [0.29, 0.717) is 6.26 Å². The van der Waals surface area contributed by atoms with Crippen molar-refractivity contribution < 1.29 is 200 Å². The smallest absolute Gasteiger partial charge is 0.766 e. The van der Waals surface area contributed by atoms with Crippen LogP contribution >= 0.6 is 31.1 Å². The number of imidazole rings is 3. The number of H-pyrrole nitrogens is 2. The molecule has 16 atom stereocenters. The average Bonchev–Trinajstić information content (AvgIpc) is 3.62. The number of aryl methyl sites for hydroxylation is 1. The Balaban J connectivity index is 0.00000369. The van der Waals surface area contributed by atoms with Crippen LogP contribution in [0.2, 0.25) is 0 Å². The molecule has 15 N–H and O–H groups in total. The quantitative estimate of drug-likeness (QED) is 0.0138. The van der Waals surface area contributed by atoms with Crippen LogP contribution in [0.15, 0.2) is 28.6 Å². The molecule has 440 valence electrons. The van der Waals surface area contributed by atoms with Gasteiger partial charge >= 0.3 is 102 Å². The Morgan fingerprint density at radius 1 is 0.747 bits per heavy atom. The van der Waals surface area contributed by atoms with Crippen LogP contribution in [0.5, 0.6) is 0 Å². The van der Waals surface area contributed by atoms with Crippen molar-refractivity contribution in [1.29, 1.82) is 0 Å². The molecule has 50 heteroatoms. The van der Waals surface area contributed by atoms with Crippen molar-refractivity contribution in [3.8, 4) is 0 Å². The van der Waals surface area contributed by atoms with Crippen LogP contribution in [-0.2, 0) is 81.0 Å². The van der Waals surface area contributed by atoms with Crippen molar-refractivity contribution in [2.24, 2.45) is 7.05 Å². The first-order valence-corrected chi connectivity index (χ1v) is 30.1. The minimum Gasteiger partial charge on any atom is -0.766 e. The fourth-order valence-corrected chi connectivity index (χ4v) is 14.1. The van der Waals surface area contributed by atoms with Crippen molar-refractivity contribution in [3.63, 3.8) is 0 Å². The van der Waals surface area contributed by atoms with Gasteiger partial charge in [-0.05, 0) is 0 Å². The van der Waals surface area contributed by atoms with E-state index >= 15 is 0 Å². The van der Waals surface area contributed by atoms with Gasteiger partial charge in [0.25, 0.3) is 35.0 Å². The molecule has 83 heavy (non-hydrogen) atoms. The third-order valence-corrected chi connectivity index (χ3v) is 18.1. The molecule has 0 saturated carbocycles. The topological polar surface area (TPSA) is 623 Å². The maximum atomic E-state index is 13.7. The van der Waals surface area contributed by atoms with Crippen LogP contribution in [0.1, 0.15) is 18.7 Å². The van der Waals surface area contributed by atoms with Crippen molar-refractivity contribution in [2.45, 2.75) is 73.6 Å². The number of hydrogen-bond acceptors (Lipinski definition) is 34. The van der Waals surface area contributed by atoms with Gasteiger partial charge in [-0.15, -0.1) is 0 Å². The van der Waals surface area contributed by atoms with E-state index in [0.717, 1.165) is 38.3 Å². The van der Waals surface area contributed by atoms with Gasteiger partial charge in [-0.1, -0.05) is 4.98 Å². The van der Waals surface area contributed by atoms with Gasteiger partial charge in [0.05, 0.1) is 45.8 Å². The van der Waals surface area contributed by atoms with Crippen LogP contribution in [0, 0.1) is 0 Å². The predicted octanol–water partition coefficient (Wildman–Crippen LogP) is -16.5. The SMILES string of the molecule is CO[C@@H]1[C@H](OP(=O)(O)OC[C@H]2O[C@@H](n3cnc4c(=O)[nH]c(N)nc43)[C@H](O)[C@@H]2O)[C@@H](COP(=O)([O-])NP(=O)([O-])OP(=O)([O-])OC[C@H]2O[C@@H]([n+]3cn(C)c4c(=O)[nH]c(N)nc43)[C@H](O)[C@@H]2OS(C)(=O)=O)O[C@H]1n1cnc2c(N)nc(N)nc21.[Na+].[Na+].[Na+]. The summed E-state index contributed by atoms with van der Waals surface area (Å²) in [6.45, 7) is -3.78. The van der Waals surface area contributed by atoms with E-state index in [4.69, 9.17) is 59.6 Å². The van der Waals surface area contributed by atoms with Gasteiger partial charge in [0.1, 0.15) is 60.5 Å². The number of aliphatic hydroxyl groups is 3. The monoisotopic (exact) mass is 1300 g/mol. The van der Waals surface area contributed by atoms with Gasteiger partial charge in [0.15, 0.2) is 41.4 Å². The second-order valence-corrected chi connectivity index (χ2v) is 25.4. The zero-order chi connectivity index (χ0) is 58.3. The fourth-order valence-electron chi connectivity index (χ4n) is 8.71. The Morgan fingerprint density at radius 3 is 1.99 bits per heavy atom. The van der Waals surface area contributed by atoms with Crippen molar-refractivity contribution in [1.82, 2.24) is 58.4 Å². The molecule has 3 aliphatic rings. The summed E-state index contributed by atoms with van der Waals surface area (Å²) >= 11 is 0. The molecule has 9 rings (SSSR count). The number of phosphoric ester groups is 2. The van der Waals surface area contributed by atoms with E-state index in [9.17, 15) is 71.2 Å². The summed E-state index contributed by atoms with van der Waals surface area (Å²) in [6.07, 6.45) is -17.8. The number of nitrogens with one attached hydrogen (secondary N) is 3. The Labute approximate surface area is 529 Å². The Bertz CT molecular complexity index is 3830. The number of hydrogen-bond donors (Lipinski definition) is 11. The minimum absolute atomic E-state index is 0. The molecule has 9 heterocycles. The predicted molar refractivity (Wildman–Crippen MR) is 253 cm³/mol. The summed E-state index contributed by atoms with van der Waals surface area (Å²) in [7, 11) is -26.5. The van der Waals surface area contributed by atoms with Gasteiger partial charge in [0.2, 0.25) is 39.1 Å². The first-order chi connectivity index (χ1) is 37.2. The minimum atomic E-state index is -6.44. The number of fused-ring (bicyclic) bond motifs is 3. The molecule has 42 nitrogen and oxygen atoms in total. The van der Waals surface area contributed by atoms with Crippen molar-refractivity contribution >= 4 is 98.4 Å². The van der Waals surface area contributed by atoms with Crippen LogP contribution in [0.3, 0.4) is 0 Å². The number of ether oxygens (including phenoxy) is 4. The normalized spacial score (nSPS) is 28.5.